The van der Waals surface area contributed by atoms with Gasteiger partial charge in [-0.1, -0.05) is 0 Å². The smallest absolute Gasteiger partial charge is 0.123 e. The average molecular weight is 251 g/mol. The van der Waals surface area contributed by atoms with Gasteiger partial charge in [0.15, 0.2) is 0 Å². The number of benzene rings is 1. The summed E-state index contributed by atoms with van der Waals surface area (Å²) < 4.78 is 13.2. The van der Waals surface area contributed by atoms with Crippen LogP contribution in [-0.4, -0.2) is 38.6 Å². The highest BCUT2D eigenvalue weighted by molar-refractivity contribution is 5.53. The normalized spacial score (nSPS) is 20.3. The Bertz CT molecular complexity index is 408. The number of halogens is 1. The van der Waals surface area contributed by atoms with Gasteiger partial charge in [-0.15, -0.1) is 0 Å². The third-order valence-corrected chi connectivity index (χ3v) is 3.69. The molecule has 0 bridgehead atoms. The molecule has 4 heteroatoms. The molecule has 1 aliphatic heterocycles. The molecule has 1 saturated heterocycles. The van der Waals surface area contributed by atoms with Crippen molar-refractivity contribution < 1.29 is 4.39 Å². The van der Waals surface area contributed by atoms with Crippen LogP contribution in [0.2, 0.25) is 0 Å². The van der Waals surface area contributed by atoms with Crippen LogP contribution in [0.4, 0.5) is 10.1 Å². The number of hydrogen-bond donors (Lipinski definition) is 1. The van der Waals surface area contributed by atoms with E-state index in [-0.39, 0.29) is 5.82 Å². The van der Waals surface area contributed by atoms with Crippen LogP contribution in [0.5, 0.6) is 0 Å². The topological polar surface area (TPSA) is 32.5 Å². The molecule has 1 atom stereocenters. The van der Waals surface area contributed by atoms with Crippen molar-refractivity contribution in [2.24, 2.45) is 11.7 Å². The first-order chi connectivity index (χ1) is 8.60. The number of likely N-dealkylation sites (tertiary alicyclic amines) is 1. The maximum absolute atomic E-state index is 13.2. The zero-order valence-corrected chi connectivity index (χ0v) is 11.2. The van der Waals surface area contributed by atoms with Crippen molar-refractivity contribution in [2.75, 3.05) is 38.6 Å². The van der Waals surface area contributed by atoms with E-state index in [4.69, 9.17) is 5.73 Å². The predicted molar refractivity (Wildman–Crippen MR) is 73.2 cm³/mol. The van der Waals surface area contributed by atoms with Gasteiger partial charge in [-0.3, -0.25) is 0 Å². The monoisotopic (exact) mass is 251 g/mol. The standard InChI is InChI=1S/C14H22FN3/c1-17-6-5-11(9-17)10-18(2)14-4-3-13(15)7-12(14)8-16/h3-4,7,11H,5-6,8-10,16H2,1-2H3. The molecule has 18 heavy (non-hydrogen) atoms. The van der Waals surface area contributed by atoms with E-state index in [2.05, 4.69) is 23.9 Å². The summed E-state index contributed by atoms with van der Waals surface area (Å²) in [5.41, 5.74) is 7.61. The third-order valence-electron chi connectivity index (χ3n) is 3.69. The molecule has 1 fully saturated rings. The average Bonchev–Trinajstić information content (AvgIpc) is 2.74. The number of rotatable bonds is 4. The van der Waals surface area contributed by atoms with E-state index in [1.54, 1.807) is 0 Å². The first-order valence-electron chi connectivity index (χ1n) is 6.48. The van der Waals surface area contributed by atoms with Gasteiger partial charge in [0.1, 0.15) is 5.82 Å². The molecule has 1 aliphatic rings. The molecule has 2 rings (SSSR count). The maximum atomic E-state index is 13.2. The van der Waals surface area contributed by atoms with Gasteiger partial charge in [-0.05, 0) is 49.7 Å². The molecule has 1 aromatic rings. The number of nitrogens with zero attached hydrogens (tertiary/aromatic N) is 2. The Hall–Kier alpha value is -1.13. The Kier molecular flexibility index (Phi) is 4.19. The van der Waals surface area contributed by atoms with Crippen LogP contribution in [0.25, 0.3) is 0 Å². The van der Waals surface area contributed by atoms with Crippen LogP contribution in [0.3, 0.4) is 0 Å². The van der Waals surface area contributed by atoms with Crippen LogP contribution in [0, 0.1) is 11.7 Å². The minimum Gasteiger partial charge on any atom is -0.374 e. The zero-order valence-electron chi connectivity index (χ0n) is 11.2. The fraction of sp³-hybridized carbons (Fsp3) is 0.571. The van der Waals surface area contributed by atoms with Gasteiger partial charge in [0.25, 0.3) is 0 Å². The third kappa shape index (κ3) is 3.00. The molecule has 0 radical (unpaired) electrons. The lowest BCUT2D eigenvalue weighted by molar-refractivity contribution is 0.396. The summed E-state index contributed by atoms with van der Waals surface area (Å²) in [5, 5.41) is 0. The largest absolute Gasteiger partial charge is 0.374 e. The van der Waals surface area contributed by atoms with Crippen LogP contribution in [0.15, 0.2) is 18.2 Å². The Labute approximate surface area is 108 Å². The highest BCUT2D eigenvalue weighted by atomic mass is 19.1. The molecule has 0 aliphatic carbocycles. The van der Waals surface area contributed by atoms with Crippen molar-refractivity contribution in [2.45, 2.75) is 13.0 Å². The van der Waals surface area contributed by atoms with Crippen molar-refractivity contribution in [1.29, 1.82) is 0 Å². The lowest BCUT2D eigenvalue weighted by atomic mass is 10.1. The van der Waals surface area contributed by atoms with E-state index < -0.39 is 0 Å². The second-order valence-corrected chi connectivity index (χ2v) is 5.27. The molecule has 0 amide bonds. The summed E-state index contributed by atoms with van der Waals surface area (Å²) in [4.78, 5) is 4.55. The fourth-order valence-corrected chi connectivity index (χ4v) is 2.75. The van der Waals surface area contributed by atoms with Gasteiger partial charge in [0.05, 0.1) is 0 Å². The van der Waals surface area contributed by atoms with Crippen molar-refractivity contribution in [3.63, 3.8) is 0 Å². The molecular formula is C14H22FN3. The molecule has 1 aromatic carbocycles. The lowest BCUT2D eigenvalue weighted by Gasteiger charge is -2.25. The minimum atomic E-state index is -0.215. The summed E-state index contributed by atoms with van der Waals surface area (Å²) in [7, 11) is 4.22. The molecule has 3 nitrogen and oxygen atoms in total. The predicted octanol–water partition coefficient (Wildman–Crippen LogP) is 1.67. The molecule has 0 spiro atoms. The van der Waals surface area contributed by atoms with E-state index in [0.717, 1.165) is 24.3 Å². The van der Waals surface area contributed by atoms with E-state index in [9.17, 15) is 4.39 Å². The SMILES string of the molecule is CN1CCC(CN(C)c2ccc(F)cc2CN)C1. The Morgan fingerprint density at radius 1 is 1.50 bits per heavy atom. The van der Waals surface area contributed by atoms with Crippen LogP contribution in [0.1, 0.15) is 12.0 Å². The summed E-state index contributed by atoms with van der Waals surface area (Å²) >= 11 is 0. The van der Waals surface area contributed by atoms with Gasteiger partial charge >= 0.3 is 0 Å². The van der Waals surface area contributed by atoms with Gasteiger partial charge in [-0.2, -0.15) is 0 Å². The second kappa shape index (κ2) is 5.67. The van der Waals surface area contributed by atoms with E-state index >= 15 is 0 Å². The number of anilines is 1. The van der Waals surface area contributed by atoms with Crippen LogP contribution in [-0.2, 0) is 6.54 Å². The summed E-state index contributed by atoms with van der Waals surface area (Å²) in [5.74, 6) is 0.476. The zero-order chi connectivity index (χ0) is 13.1. The lowest BCUT2D eigenvalue weighted by Crippen LogP contribution is -2.28. The summed E-state index contributed by atoms with van der Waals surface area (Å²) in [6.07, 6.45) is 1.24. The first-order valence-corrected chi connectivity index (χ1v) is 6.48. The Balaban J connectivity index is 2.06. The minimum absolute atomic E-state index is 0.215. The molecule has 2 N–H and O–H groups in total. The van der Waals surface area contributed by atoms with Crippen molar-refractivity contribution in [1.82, 2.24) is 4.90 Å². The van der Waals surface area contributed by atoms with E-state index in [0.29, 0.717) is 12.5 Å². The second-order valence-electron chi connectivity index (χ2n) is 5.27. The first kappa shape index (κ1) is 13.3. The van der Waals surface area contributed by atoms with Crippen LogP contribution >= 0.6 is 0 Å². The molecule has 0 aromatic heterocycles. The fourth-order valence-electron chi connectivity index (χ4n) is 2.75. The van der Waals surface area contributed by atoms with Crippen LogP contribution < -0.4 is 10.6 Å². The van der Waals surface area contributed by atoms with E-state index in [1.807, 2.05) is 6.07 Å². The Morgan fingerprint density at radius 3 is 2.89 bits per heavy atom. The Morgan fingerprint density at radius 2 is 2.28 bits per heavy atom. The maximum Gasteiger partial charge on any atom is 0.123 e. The molecule has 1 unspecified atom stereocenters. The van der Waals surface area contributed by atoms with Crippen molar-refractivity contribution in [3.05, 3.63) is 29.6 Å². The highest BCUT2D eigenvalue weighted by Crippen LogP contribution is 2.23. The van der Waals surface area contributed by atoms with Gasteiger partial charge in [0.2, 0.25) is 0 Å². The quantitative estimate of drug-likeness (QED) is 0.883. The van der Waals surface area contributed by atoms with Crippen molar-refractivity contribution in [3.8, 4) is 0 Å². The molecule has 100 valence electrons. The summed E-state index contributed by atoms with van der Waals surface area (Å²) in [6, 6.07) is 4.87. The number of hydrogen-bond acceptors (Lipinski definition) is 3. The van der Waals surface area contributed by atoms with Gasteiger partial charge < -0.3 is 15.5 Å². The number of nitrogens with two attached hydrogens (primary N) is 1. The molecule has 1 heterocycles. The highest BCUT2D eigenvalue weighted by Gasteiger charge is 2.21. The van der Waals surface area contributed by atoms with Gasteiger partial charge in [-0.25, -0.2) is 4.39 Å². The molecule has 0 saturated carbocycles. The molecular weight excluding hydrogens is 229 g/mol. The van der Waals surface area contributed by atoms with E-state index in [1.165, 1.54) is 25.1 Å². The van der Waals surface area contributed by atoms with Gasteiger partial charge in [0, 0.05) is 32.4 Å². The van der Waals surface area contributed by atoms with Crippen molar-refractivity contribution >= 4 is 5.69 Å². The summed E-state index contributed by atoms with van der Waals surface area (Å²) in [6.45, 7) is 3.69.